The van der Waals surface area contributed by atoms with Crippen LogP contribution in [0.3, 0.4) is 0 Å². The van der Waals surface area contributed by atoms with Crippen molar-refractivity contribution in [3.63, 3.8) is 0 Å². The van der Waals surface area contributed by atoms with Gasteiger partial charge in [-0.15, -0.1) is 11.8 Å². The minimum Gasteiger partial charge on any atom is -0.469 e. The number of aryl methyl sites for hydroxylation is 1. The molecule has 0 aliphatic heterocycles. The zero-order valence-corrected chi connectivity index (χ0v) is 10.0. The molecule has 0 aromatic carbocycles. The zero-order valence-electron chi connectivity index (χ0n) is 9.19. The number of aromatic nitrogens is 1. The summed E-state index contributed by atoms with van der Waals surface area (Å²) in [5, 5.41) is 0. The Morgan fingerprint density at radius 1 is 1.67 bits per heavy atom. The summed E-state index contributed by atoms with van der Waals surface area (Å²) < 4.78 is 4.66. The number of rotatable bonds is 4. The third kappa shape index (κ3) is 3.91. The fourth-order valence-corrected chi connectivity index (χ4v) is 2.09. The van der Waals surface area contributed by atoms with Gasteiger partial charge in [-0.2, -0.15) is 0 Å². The summed E-state index contributed by atoms with van der Waals surface area (Å²) >= 11 is 1.65. The second-order valence-corrected chi connectivity index (χ2v) is 4.46. The zero-order chi connectivity index (χ0) is 11.3. The average Bonchev–Trinajstić information content (AvgIpc) is 2.25. The number of pyridine rings is 1. The van der Waals surface area contributed by atoms with Gasteiger partial charge in [0.2, 0.25) is 0 Å². The lowest BCUT2D eigenvalue weighted by atomic mass is 10.2. The van der Waals surface area contributed by atoms with Crippen LogP contribution >= 0.6 is 11.8 Å². The lowest BCUT2D eigenvalue weighted by Crippen LogP contribution is -2.14. The van der Waals surface area contributed by atoms with Crippen LogP contribution in [0, 0.1) is 12.8 Å². The van der Waals surface area contributed by atoms with E-state index in [2.05, 4.69) is 9.72 Å². The Kier molecular flexibility index (Phi) is 4.62. The Balaban J connectivity index is 2.47. The number of esters is 1. The maximum Gasteiger partial charge on any atom is 0.309 e. The first kappa shape index (κ1) is 12.0. The molecule has 0 bridgehead atoms. The highest BCUT2D eigenvalue weighted by Crippen LogP contribution is 2.21. The number of carbonyl (C=O) groups is 1. The summed E-state index contributed by atoms with van der Waals surface area (Å²) in [7, 11) is 1.42. The van der Waals surface area contributed by atoms with Gasteiger partial charge >= 0.3 is 5.97 Å². The van der Waals surface area contributed by atoms with Crippen LogP contribution in [0.2, 0.25) is 0 Å². The Morgan fingerprint density at radius 3 is 3.00 bits per heavy atom. The lowest BCUT2D eigenvalue weighted by molar-refractivity contribution is -0.143. The quantitative estimate of drug-likeness (QED) is 0.582. The van der Waals surface area contributed by atoms with Crippen LogP contribution in [-0.2, 0) is 9.53 Å². The molecule has 0 fully saturated rings. The van der Waals surface area contributed by atoms with Crippen LogP contribution in [0.15, 0.2) is 23.2 Å². The van der Waals surface area contributed by atoms with Gasteiger partial charge in [0.05, 0.1) is 13.0 Å². The monoisotopic (exact) mass is 225 g/mol. The van der Waals surface area contributed by atoms with Crippen molar-refractivity contribution >= 4 is 17.7 Å². The van der Waals surface area contributed by atoms with Crippen LogP contribution in [-0.4, -0.2) is 23.8 Å². The number of nitrogens with zero attached hydrogens (tertiary/aromatic N) is 1. The van der Waals surface area contributed by atoms with Crippen LogP contribution in [0.25, 0.3) is 0 Å². The Morgan fingerprint density at radius 2 is 2.40 bits per heavy atom. The van der Waals surface area contributed by atoms with Gasteiger partial charge in [0.25, 0.3) is 0 Å². The molecule has 15 heavy (non-hydrogen) atoms. The number of ether oxygens (including phenoxy) is 1. The van der Waals surface area contributed by atoms with Crippen LogP contribution in [0.5, 0.6) is 0 Å². The molecule has 82 valence electrons. The van der Waals surface area contributed by atoms with E-state index in [0.29, 0.717) is 0 Å². The van der Waals surface area contributed by atoms with Crippen LogP contribution in [0.4, 0.5) is 0 Å². The van der Waals surface area contributed by atoms with Gasteiger partial charge in [0, 0.05) is 22.5 Å². The molecule has 0 saturated carbocycles. The van der Waals surface area contributed by atoms with Gasteiger partial charge in [0.15, 0.2) is 0 Å². The van der Waals surface area contributed by atoms with Gasteiger partial charge in [-0.1, -0.05) is 6.92 Å². The summed E-state index contributed by atoms with van der Waals surface area (Å²) in [6.45, 7) is 3.82. The Bertz CT molecular complexity index is 341. The molecule has 1 rings (SSSR count). The fraction of sp³-hybridized carbons (Fsp3) is 0.455. The van der Waals surface area contributed by atoms with Gasteiger partial charge in [-0.05, 0) is 19.1 Å². The first-order valence-electron chi connectivity index (χ1n) is 4.76. The molecule has 0 amide bonds. The number of carbonyl (C=O) groups excluding carboxylic acids is 1. The average molecular weight is 225 g/mol. The second-order valence-electron chi connectivity index (χ2n) is 3.37. The fourth-order valence-electron chi connectivity index (χ4n) is 1.10. The molecule has 1 atom stereocenters. The third-order valence-corrected chi connectivity index (χ3v) is 3.23. The molecule has 1 unspecified atom stereocenters. The Labute approximate surface area is 94.2 Å². The van der Waals surface area contributed by atoms with Crippen molar-refractivity contribution in [2.75, 3.05) is 12.9 Å². The molecular weight excluding hydrogens is 210 g/mol. The van der Waals surface area contributed by atoms with E-state index < -0.39 is 0 Å². The highest BCUT2D eigenvalue weighted by molar-refractivity contribution is 7.99. The van der Waals surface area contributed by atoms with Crippen molar-refractivity contribution in [3.8, 4) is 0 Å². The minimum atomic E-state index is -0.159. The van der Waals surface area contributed by atoms with Crippen molar-refractivity contribution in [1.82, 2.24) is 4.98 Å². The standard InChI is InChI=1S/C11H15NO2S/c1-8(11(13)14-3)7-15-10-4-5-12-9(2)6-10/h4-6,8H,7H2,1-3H3. The summed E-state index contributed by atoms with van der Waals surface area (Å²) in [5.74, 6) is 0.498. The van der Waals surface area contributed by atoms with Gasteiger partial charge < -0.3 is 4.74 Å². The normalized spacial score (nSPS) is 12.2. The summed E-state index contributed by atoms with van der Waals surface area (Å²) in [6, 6.07) is 3.95. The van der Waals surface area contributed by atoms with E-state index in [9.17, 15) is 4.79 Å². The van der Waals surface area contributed by atoms with E-state index in [1.165, 1.54) is 7.11 Å². The van der Waals surface area contributed by atoms with Crippen molar-refractivity contribution in [1.29, 1.82) is 0 Å². The predicted molar refractivity (Wildman–Crippen MR) is 60.9 cm³/mol. The van der Waals surface area contributed by atoms with E-state index in [1.807, 2.05) is 26.0 Å². The number of hydrogen-bond acceptors (Lipinski definition) is 4. The first-order chi connectivity index (χ1) is 7.13. The topological polar surface area (TPSA) is 39.2 Å². The molecule has 1 heterocycles. The molecule has 1 aromatic rings. The highest BCUT2D eigenvalue weighted by Gasteiger charge is 2.12. The van der Waals surface area contributed by atoms with Crippen LogP contribution in [0.1, 0.15) is 12.6 Å². The molecule has 0 saturated heterocycles. The molecule has 0 N–H and O–H groups in total. The summed E-state index contributed by atoms with van der Waals surface area (Å²) in [4.78, 5) is 16.4. The molecule has 3 nitrogen and oxygen atoms in total. The first-order valence-corrected chi connectivity index (χ1v) is 5.75. The third-order valence-electron chi connectivity index (χ3n) is 1.97. The van der Waals surface area contributed by atoms with Crippen molar-refractivity contribution in [2.24, 2.45) is 5.92 Å². The minimum absolute atomic E-state index is 0.0755. The number of hydrogen-bond donors (Lipinski definition) is 0. The molecule has 0 radical (unpaired) electrons. The van der Waals surface area contributed by atoms with E-state index in [1.54, 1.807) is 18.0 Å². The SMILES string of the molecule is COC(=O)C(C)CSc1ccnc(C)c1. The molecule has 0 spiro atoms. The van der Waals surface area contributed by atoms with Gasteiger partial charge in [0.1, 0.15) is 0 Å². The van der Waals surface area contributed by atoms with Gasteiger partial charge in [-0.3, -0.25) is 9.78 Å². The van der Waals surface area contributed by atoms with Crippen molar-refractivity contribution in [3.05, 3.63) is 24.0 Å². The van der Waals surface area contributed by atoms with E-state index in [4.69, 9.17) is 0 Å². The molecule has 0 aliphatic rings. The maximum absolute atomic E-state index is 11.2. The predicted octanol–water partition coefficient (Wildman–Crippen LogP) is 2.29. The summed E-state index contributed by atoms with van der Waals surface area (Å²) in [6.07, 6.45) is 1.78. The number of thioether (sulfide) groups is 1. The smallest absolute Gasteiger partial charge is 0.309 e. The summed E-state index contributed by atoms with van der Waals surface area (Å²) in [5.41, 5.74) is 0.991. The largest absolute Gasteiger partial charge is 0.469 e. The number of methoxy groups -OCH3 is 1. The van der Waals surface area contributed by atoms with E-state index >= 15 is 0 Å². The van der Waals surface area contributed by atoms with Crippen molar-refractivity contribution in [2.45, 2.75) is 18.7 Å². The molecule has 1 aromatic heterocycles. The van der Waals surface area contributed by atoms with Gasteiger partial charge in [-0.25, -0.2) is 0 Å². The van der Waals surface area contributed by atoms with Crippen molar-refractivity contribution < 1.29 is 9.53 Å². The lowest BCUT2D eigenvalue weighted by Gasteiger charge is -2.08. The maximum atomic E-state index is 11.2. The molecule has 0 aliphatic carbocycles. The van der Waals surface area contributed by atoms with E-state index in [0.717, 1.165) is 16.3 Å². The molecule has 4 heteroatoms. The second kappa shape index (κ2) is 5.75. The Hall–Kier alpha value is -1.03. The molecular formula is C11H15NO2S. The van der Waals surface area contributed by atoms with E-state index in [-0.39, 0.29) is 11.9 Å². The highest BCUT2D eigenvalue weighted by atomic mass is 32.2. The van der Waals surface area contributed by atoms with Crippen LogP contribution < -0.4 is 0 Å².